The molecule has 0 aliphatic heterocycles. The number of carbonyl (C=O) groups excluding carboxylic acids is 1. The van der Waals surface area contributed by atoms with E-state index in [0.29, 0.717) is 6.54 Å². The summed E-state index contributed by atoms with van der Waals surface area (Å²) in [5.74, 6) is 0.0553. The smallest absolute Gasteiger partial charge is 0.253 e. The molecule has 0 spiro atoms. The second-order valence-electron chi connectivity index (χ2n) is 5.16. The fourth-order valence-electron chi connectivity index (χ4n) is 2.25. The number of hydrogen-bond acceptors (Lipinski definition) is 1. The van der Waals surface area contributed by atoms with Crippen LogP contribution < -0.4 is 0 Å². The van der Waals surface area contributed by atoms with E-state index in [1.165, 1.54) is 0 Å². The molecule has 0 heterocycles. The van der Waals surface area contributed by atoms with Gasteiger partial charge in [0.2, 0.25) is 0 Å². The van der Waals surface area contributed by atoms with E-state index in [1.54, 1.807) is 4.90 Å². The molecule has 0 saturated heterocycles. The Morgan fingerprint density at radius 1 is 1.05 bits per heavy atom. The van der Waals surface area contributed by atoms with Crippen LogP contribution in [-0.2, 0) is 6.54 Å². The van der Waals surface area contributed by atoms with Crippen molar-refractivity contribution in [2.75, 3.05) is 7.05 Å². The fraction of sp³-hybridized carbons (Fsp3) is 0.235. The minimum atomic E-state index is 0.0553. The van der Waals surface area contributed by atoms with Crippen molar-refractivity contribution < 1.29 is 4.79 Å². The topological polar surface area (TPSA) is 20.3 Å². The molecule has 2 aromatic rings. The van der Waals surface area contributed by atoms with E-state index in [0.717, 1.165) is 26.7 Å². The Labute approximate surface area is 128 Å². The van der Waals surface area contributed by atoms with Crippen LogP contribution in [0.25, 0.3) is 0 Å². The maximum atomic E-state index is 12.4. The van der Waals surface area contributed by atoms with Gasteiger partial charge in [-0.25, -0.2) is 0 Å². The number of halogens is 1. The number of aryl methyl sites for hydroxylation is 2. The lowest BCUT2D eigenvalue weighted by Gasteiger charge is -2.18. The number of carbonyl (C=O) groups is 1. The van der Waals surface area contributed by atoms with E-state index in [1.807, 2.05) is 57.3 Å². The highest BCUT2D eigenvalue weighted by Crippen LogP contribution is 2.15. The lowest BCUT2D eigenvalue weighted by molar-refractivity contribution is 0.0785. The molecule has 0 saturated carbocycles. The highest BCUT2D eigenvalue weighted by Gasteiger charge is 2.12. The normalized spacial score (nSPS) is 10.4. The molecule has 0 unspecified atom stereocenters. The second kappa shape index (κ2) is 6.23. The molecule has 0 bridgehead atoms. The van der Waals surface area contributed by atoms with Crippen LogP contribution in [0.4, 0.5) is 0 Å². The predicted molar refractivity (Wildman–Crippen MR) is 85.9 cm³/mol. The van der Waals surface area contributed by atoms with Crippen LogP contribution in [0.15, 0.2) is 46.9 Å². The van der Waals surface area contributed by atoms with Gasteiger partial charge >= 0.3 is 0 Å². The van der Waals surface area contributed by atoms with Crippen LogP contribution in [0.2, 0.25) is 0 Å². The van der Waals surface area contributed by atoms with Crippen LogP contribution in [0.5, 0.6) is 0 Å². The first-order valence-electron chi connectivity index (χ1n) is 6.54. The maximum Gasteiger partial charge on any atom is 0.253 e. The third-order valence-corrected chi connectivity index (χ3v) is 3.68. The van der Waals surface area contributed by atoms with Gasteiger partial charge in [-0.05, 0) is 43.7 Å². The summed E-state index contributed by atoms with van der Waals surface area (Å²) in [6.45, 7) is 4.64. The molecular weight excluding hydrogens is 314 g/mol. The zero-order valence-corrected chi connectivity index (χ0v) is 13.6. The molecule has 104 valence electrons. The SMILES string of the molecule is Cc1cc(C)cc(C(=O)N(C)Cc2ccc(Br)cc2)c1. The number of benzene rings is 2. The summed E-state index contributed by atoms with van der Waals surface area (Å²) < 4.78 is 1.05. The molecule has 2 rings (SSSR count). The van der Waals surface area contributed by atoms with Gasteiger partial charge in [-0.3, -0.25) is 4.79 Å². The van der Waals surface area contributed by atoms with Gasteiger partial charge in [0.25, 0.3) is 5.91 Å². The Hall–Kier alpha value is -1.61. The van der Waals surface area contributed by atoms with E-state index in [9.17, 15) is 4.79 Å². The number of hydrogen-bond donors (Lipinski definition) is 0. The van der Waals surface area contributed by atoms with Gasteiger partial charge in [-0.15, -0.1) is 0 Å². The Morgan fingerprint density at radius 3 is 2.15 bits per heavy atom. The van der Waals surface area contributed by atoms with Crippen LogP contribution >= 0.6 is 15.9 Å². The van der Waals surface area contributed by atoms with Gasteiger partial charge in [-0.2, -0.15) is 0 Å². The van der Waals surface area contributed by atoms with Crippen molar-refractivity contribution >= 4 is 21.8 Å². The first-order valence-corrected chi connectivity index (χ1v) is 7.33. The van der Waals surface area contributed by atoms with E-state index in [4.69, 9.17) is 0 Å². The maximum absolute atomic E-state index is 12.4. The van der Waals surface area contributed by atoms with Crippen LogP contribution in [0, 0.1) is 13.8 Å². The number of nitrogens with zero attached hydrogens (tertiary/aromatic N) is 1. The van der Waals surface area contributed by atoms with Crippen molar-refractivity contribution in [3.63, 3.8) is 0 Å². The molecule has 0 aliphatic carbocycles. The van der Waals surface area contributed by atoms with Crippen molar-refractivity contribution in [2.24, 2.45) is 0 Å². The molecule has 3 heteroatoms. The molecule has 1 amide bonds. The summed E-state index contributed by atoms with van der Waals surface area (Å²) in [6, 6.07) is 14.0. The monoisotopic (exact) mass is 331 g/mol. The third-order valence-electron chi connectivity index (χ3n) is 3.15. The summed E-state index contributed by atoms with van der Waals surface area (Å²) in [5, 5.41) is 0. The molecule has 0 fully saturated rings. The van der Waals surface area contributed by atoms with Crippen LogP contribution in [0.3, 0.4) is 0 Å². The summed E-state index contributed by atoms with van der Waals surface area (Å²) in [6.07, 6.45) is 0. The Morgan fingerprint density at radius 2 is 1.60 bits per heavy atom. The number of rotatable bonds is 3. The predicted octanol–water partition coefficient (Wildman–Crippen LogP) is 4.34. The average molecular weight is 332 g/mol. The molecular formula is C17H18BrNO. The minimum Gasteiger partial charge on any atom is -0.337 e. The Kier molecular flexibility index (Phi) is 4.61. The van der Waals surface area contributed by atoms with E-state index in [-0.39, 0.29) is 5.91 Å². The van der Waals surface area contributed by atoms with Crippen molar-refractivity contribution in [1.82, 2.24) is 4.90 Å². The molecule has 2 nitrogen and oxygen atoms in total. The average Bonchev–Trinajstić information content (AvgIpc) is 2.39. The largest absolute Gasteiger partial charge is 0.337 e. The summed E-state index contributed by atoms with van der Waals surface area (Å²) >= 11 is 3.41. The Bertz CT molecular complexity index is 599. The molecule has 0 N–H and O–H groups in total. The first-order chi connectivity index (χ1) is 9.45. The quantitative estimate of drug-likeness (QED) is 0.819. The van der Waals surface area contributed by atoms with Gasteiger partial charge < -0.3 is 4.90 Å². The van der Waals surface area contributed by atoms with Gasteiger partial charge in [0, 0.05) is 23.6 Å². The van der Waals surface area contributed by atoms with Gasteiger partial charge in [0.15, 0.2) is 0 Å². The molecule has 0 radical (unpaired) electrons. The van der Waals surface area contributed by atoms with E-state index < -0.39 is 0 Å². The van der Waals surface area contributed by atoms with Crippen molar-refractivity contribution in [3.05, 3.63) is 69.2 Å². The highest BCUT2D eigenvalue weighted by molar-refractivity contribution is 9.10. The summed E-state index contributed by atoms with van der Waals surface area (Å²) in [4.78, 5) is 14.2. The van der Waals surface area contributed by atoms with E-state index >= 15 is 0 Å². The highest BCUT2D eigenvalue weighted by atomic mass is 79.9. The lowest BCUT2D eigenvalue weighted by Crippen LogP contribution is -2.26. The van der Waals surface area contributed by atoms with Crippen molar-refractivity contribution in [2.45, 2.75) is 20.4 Å². The zero-order chi connectivity index (χ0) is 14.7. The standard InChI is InChI=1S/C17H18BrNO/c1-12-8-13(2)10-15(9-12)17(20)19(3)11-14-4-6-16(18)7-5-14/h4-10H,11H2,1-3H3. The Balaban J connectivity index is 2.14. The third kappa shape index (κ3) is 3.70. The zero-order valence-electron chi connectivity index (χ0n) is 12.0. The van der Waals surface area contributed by atoms with Gasteiger partial charge in [0.1, 0.15) is 0 Å². The van der Waals surface area contributed by atoms with Crippen molar-refractivity contribution in [1.29, 1.82) is 0 Å². The first kappa shape index (κ1) is 14.8. The molecule has 20 heavy (non-hydrogen) atoms. The summed E-state index contributed by atoms with van der Waals surface area (Å²) in [7, 11) is 1.84. The molecule has 0 aliphatic rings. The molecule has 0 atom stereocenters. The number of amides is 1. The molecule has 0 aromatic heterocycles. The van der Waals surface area contributed by atoms with Crippen LogP contribution in [0.1, 0.15) is 27.0 Å². The molecule has 2 aromatic carbocycles. The lowest BCUT2D eigenvalue weighted by atomic mass is 10.1. The summed E-state index contributed by atoms with van der Waals surface area (Å²) in [5.41, 5.74) is 4.10. The van der Waals surface area contributed by atoms with Gasteiger partial charge in [0.05, 0.1) is 0 Å². The van der Waals surface area contributed by atoms with Gasteiger partial charge in [-0.1, -0.05) is 45.3 Å². The minimum absolute atomic E-state index is 0.0553. The van der Waals surface area contributed by atoms with E-state index in [2.05, 4.69) is 22.0 Å². The fourth-order valence-corrected chi connectivity index (χ4v) is 2.52. The van der Waals surface area contributed by atoms with Crippen molar-refractivity contribution in [3.8, 4) is 0 Å². The van der Waals surface area contributed by atoms with Crippen LogP contribution in [-0.4, -0.2) is 17.9 Å². The second-order valence-corrected chi connectivity index (χ2v) is 6.08.